The van der Waals surface area contributed by atoms with Gasteiger partial charge in [-0.05, 0) is 67.9 Å². The van der Waals surface area contributed by atoms with Crippen molar-refractivity contribution in [2.24, 2.45) is 5.73 Å². The van der Waals surface area contributed by atoms with Crippen LogP contribution in [0.25, 0.3) is 10.9 Å². The molecule has 2 aromatic rings. The Morgan fingerprint density at radius 2 is 2.00 bits per heavy atom. The van der Waals surface area contributed by atoms with Crippen molar-refractivity contribution in [3.63, 3.8) is 0 Å². The van der Waals surface area contributed by atoms with E-state index in [1.54, 1.807) is 19.1 Å². The fraction of sp³-hybridized carbons (Fsp3) is 0.474. The summed E-state index contributed by atoms with van der Waals surface area (Å²) in [6.07, 6.45) is -1.03. The number of halogens is 3. The smallest absolute Gasteiger partial charge is 0.349 e. The molecule has 7 heteroatoms. The number of nitrogens with one attached hydrogen (secondary N) is 1. The first-order valence-corrected chi connectivity index (χ1v) is 8.76. The Kier molecular flexibility index (Phi) is 3.77. The summed E-state index contributed by atoms with van der Waals surface area (Å²) in [5.74, 6) is -0.298. The largest absolute Gasteiger partial charge is 0.418 e. The molecule has 0 bridgehead atoms. The number of alkyl halides is 3. The monoisotopic (exact) mass is 363 g/mol. The SMILES string of the molecule is Cc1cc(C(=O)NCC2(N)CC2)nc2c(C(F)(F)F)cc(C3CC3)cc12. The third-order valence-electron chi connectivity index (χ3n) is 5.22. The number of pyridine rings is 1. The number of nitrogens with zero attached hydrogens (tertiary/aromatic N) is 1. The molecule has 4 nitrogen and oxygen atoms in total. The van der Waals surface area contributed by atoms with E-state index in [9.17, 15) is 18.0 Å². The number of hydrogen-bond donors (Lipinski definition) is 2. The molecule has 2 aliphatic rings. The van der Waals surface area contributed by atoms with E-state index in [1.807, 2.05) is 0 Å². The Bertz CT molecular complexity index is 899. The fourth-order valence-electron chi connectivity index (χ4n) is 3.18. The van der Waals surface area contributed by atoms with Crippen LogP contribution in [0.15, 0.2) is 18.2 Å². The molecule has 1 amide bonds. The van der Waals surface area contributed by atoms with E-state index in [1.165, 1.54) is 6.07 Å². The van der Waals surface area contributed by atoms with E-state index >= 15 is 0 Å². The molecule has 3 N–H and O–H groups in total. The zero-order valence-electron chi connectivity index (χ0n) is 14.4. The predicted octanol–water partition coefficient (Wildman–Crippen LogP) is 3.66. The third kappa shape index (κ3) is 3.28. The summed E-state index contributed by atoms with van der Waals surface area (Å²) in [5.41, 5.74) is 5.93. The predicted molar refractivity (Wildman–Crippen MR) is 91.9 cm³/mol. The Balaban J connectivity index is 1.77. The lowest BCUT2D eigenvalue weighted by Gasteiger charge is -2.15. The number of aromatic nitrogens is 1. The zero-order valence-corrected chi connectivity index (χ0v) is 14.4. The van der Waals surface area contributed by atoms with Crippen LogP contribution in [0.2, 0.25) is 0 Å². The van der Waals surface area contributed by atoms with Crippen molar-refractivity contribution in [3.8, 4) is 0 Å². The lowest BCUT2D eigenvalue weighted by molar-refractivity contribution is -0.136. The normalized spacial score (nSPS) is 18.8. The van der Waals surface area contributed by atoms with Crippen LogP contribution in [0.4, 0.5) is 13.2 Å². The summed E-state index contributed by atoms with van der Waals surface area (Å²) in [5, 5.41) is 3.14. The van der Waals surface area contributed by atoms with Gasteiger partial charge in [0.15, 0.2) is 0 Å². The highest BCUT2D eigenvalue weighted by molar-refractivity contribution is 5.97. The van der Waals surface area contributed by atoms with E-state index in [0.29, 0.717) is 23.1 Å². The van der Waals surface area contributed by atoms with Crippen molar-refractivity contribution in [1.82, 2.24) is 10.3 Å². The summed E-state index contributed by atoms with van der Waals surface area (Å²) in [6.45, 7) is 2.01. The third-order valence-corrected chi connectivity index (χ3v) is 5.22. The average molecular weight is 363 g/mol. The van der Waals surface area contributed by atoms with E-state index in [-0.39, 0.29) is 22.7 Å². The lowest BCUT2D eigenvalue weighted by Crippen LogP contribution is -2.39. The van der Waals surface area contributed by atoms with Crippen LogP contribution in [0.1, 0.15) is 58.8 Å². The molecule has 0 atom stereocenters. The molecule has 2 aliphatic carbocycles. The molecule has 26 heavy (non-hydrogen) atoms. The standard InChI is InChI=1S/C19H20F3N3O/c1-10-6-15(17(26)24-9-18(23)4-5-18)25-16-13(10)7-12(11-2-3-11)8-14(16)19(20,21)22/h6-8,11H,2-5,9,23H2,1H3,(H,24,26). The van der Waals surface area contributed by atoms with Gasteiger partial charge in [-0.15, -0.1) is 0 Å². The van der Waals surface area contributed by atoms with Gasteiger partial charge in [0.2, 0.25) is 0 Å². The number of hydrogen-bond acceptors (Lipinski definition) is 3. The highest BCUT2D eigenvalue weighted by Gasteiger charge is 2.39. The molecule has 2 fully saturated rings. The van der Waals surface area contributed by atoms with Crippen LogP contribution < -0.4 is 11.1 Å². The summed E-state index contributed by atoms with van der Waals surface area (Å²) in [4.78, 5) is 16.4. The van der Waals surface area contributed by atoms with Crippen LogP contribution in [-0.4, -0.2) is 23.0 Å². The summed E-state index contributed by atoms with van der Waals surface area (Å²) < 4.78 is 40.8. The topological polar surface area (TPSA) is 68.0 Å². The van der Waals surface area contributed by atoms with Crippen LogP contribution >= 0.6 is 0 Å². The maximum atomic E-state index is 13.6. The van der Waals surface area contributed by atoms with Gasteiger partial charge in [0.25, 0.3) is 5.91 Å². The number of carbonyl (C=O) groups excluding carboxylic acids is 1. The van der Waals surface area contributed by atoms with Crippen molar-refractivity contribution < 1.29 is 18.0 Å². The summed E-state index contributed by atoms with van der Waals surface area (Å²) >= 11 is 0. The number of nitrogens with two attached hydrogens (primary N) is 1. The second-order valence-electron chi connectivity index (χ2n) is 7.61. The summed E-state index contributed by atoms with van der Waals surface area (Å²) in [6, 6.07) is 4.52. The molecule has 4 rings (SSSR count). The molecular weight excluding hydrogens is 343 g/mol. The highest BCUT2D eigenvalue weighted by atomic mass is 19.4. The number of amides is 1. The van der Waals surface area contributed by atoms with Gasteiger partial charge >= 0.3 is 6.18 Å². The first-order chi connectivity index (χ1) is 12.2. The fourth-order valence-corrected chi connectivity index (χ4v) is 3.18. The quantitative estimate of drug-likeness (QED) is 0.871. The van der Waals surface area contributed by atoms with Crippen molar-refractivity contribution in [1.29, 1.82) is 0 Å². The van der Waals surface area contributed by atoms with Crippen molar-refractivity contribution >= 4 is 16.8 Å². The Morgan fingerprint density at radius 3 is 2.58 bits per heavy atom. The zero-order chi connectivity index (χ0) is 18.7. The van der Waals surface area contributed by atoms with Gasteiger partial charge in [-0.1, -0.05) is 0 Å². The van der Waals surface area contributed by atoms with Crippen LogP contribution in [-0.2, 0) is 6.18 Å². The minimum Gasteiger partial charge on any atom is -0.349 e. The lowest BCUT2D eigenvalue weighted by atomic mass is 9.98. The average Bonchev–Trinajstić information content (AvgIpc) is 3.47. The second kappa shape index (κ2) is 5.67. The first-order valence-electron chi connectivity index (χ1n) is 8.76. The van der Waals surface area contributed by atoms with Crippen molar-refractivity contribution in [2.45, 2.75) is 50.2 Å². The maximum Gasteiger partial charge on any atom is 0.418 e. The van der Waals surface area contributed by atoms with Gasteiger partial charge in [0.05, 0.1) is 11.1 Å². The second-order valence-corrected chi connectivity index (χ2v) is 7.61. The number of carbonyl (C=O) groups is 1. The number of benzene rings is 1. The Labute approximate surface area is 149 Å². The number of aryl methyl sites for hydroxylation is 1. The molecule has 0 aliphatic heterocycles. The molecule has 138 valence electrons. The van der Waals surface area contributed by atoms with E-state index < -0.39 is 17.6 Å². The minimum absolute atomic E-state index is 0.0103. The Morgan fingerprint density at radius 1 is 1.31 bits per heavy atom. The molecule has 0 saturated heterocycles. The number of fused-ring (bicyclic) bond motifs is 1. The molecule has 0 radical (unpaired) electrons. The van der Waals surface area contributed by atoms with Crippen molar-refractivity contribution in [3.05, 3.63) is 40.6 Å². The first kappa shape index (κ1) is 17.3. The molecule has 1 aromatic heterocycles. The van der Waals surface area contributed by atoms with Gasteiger partial charge in [-0.2, -0.15) is 13.2 Å². The van der Waals surface area contributed by atoms with Crippen LogP contribution in [0, 0.1) is 6.92 Å². The minimum atomic E-state index is -4.52. The van der Waals surface area contributed by atoms with Gasteiger partial charge in [-0.3, -0.25) is 4.79 Å². The van der Waals surface area contributed by atoms with Crippen LogP contribution in [0.3, 0.4) is 0 Å². The van der Waals surface area contributed by atoms with Crippen molar-refractivity contribution in [2.75, 3.05) is 6.54 Å². The molecule has 1 heterocycles. The van der Waals surface area contributed by atoms with Crippen LogP contribution in [0.5, 0.6) is 0 Å². The molecule has 0 spiro atoms. The van der Waals surface area contributed by atoms with E-state index in [0.717, 1.165) is 25.7 Å². The molecule has 0 unspecified atom stereocenters. The Hall–Kier alpha value is -2.15. The van der Waals surface area contributed by atoms with Gasteiger partial charge < -0.3 is 11.1 Å². The molecular formula is C19H20F3N3O. The highest BCUT2D eigenvalue weighted by Crippen LogP contribution is 2.44. The number of rotatable bonds is 4. The van der Waals surface area contributed by atoms with Gasteiger partial charge in [0.1, 0.15) is 5.69 Å². The van der Waals surface area contributed by atoms with Gasteiger partial charge in [0, 0.05) is 17.5 Å². The van der Waals surface area contributed by atoms with E-state index in [4.69, 9.17) is 5.73 Å². The maximum absolute atomic E-state index is 13.6. The summed E-state index contributed by atoms with van der Waals surface area (Å²) in [7, 11) is 0. The van der Waals surface area contributed by atoms with Gasteiger partial charge in [-0.25, -0.2) is 4.98 Å². The van der Waals surface area contributed by atoms with E-state index in [2.05, 4.69) is 10.3 Å². The molecule has 2 saturated carbocycles. The molecule has 1 aromatic carbocycles.